The summed E-state index contributed by atoms with van der Waals surface area (Å²) in [5.41, 5.74) is 0.904. The molecule has 0 amide bonds. The van der Waals surface area contributed by atoms with Crippen LogP contribution in [0.4, 0.5) is 0 Å². The van der Waals surface area contributed by atoms with Gasteiger partial charge in [-0.3, -0.25) is 4.90 Å². The molecule has 1 aliphatic rings. The van der Waals surface area contributed by atoms with E-state index >= 15 is 0 Å². The molecule has 1 saturated heterocycles. The second kappa shape index (κ2) is 6.50. The first-order valence-electron chi connectivity index (χ1n) is 7.71. The van der Waals surface area contributed by atoms with Crippen LogP contribution in [0.1, 0.15) is 31.4 Å². The molecule has 4 heteroatoms. The fourth-order valence-electron chi connectivity index (χ4n) is 3.23. The molecule has 21 heavy (non-hydrogen) atoms. The van der Waals surface area contributed by atoms with E-state index in [0.717, 1.165) is 42.0 Å². The summed E-state index contributed by atoms with van der Waals surface area (Å²) in [4.78, 5) is 2.44. The molecule has 0 spiro atoms. The Balaban J connectivity index is 1.76. The fraction of sp³-hybridized carbons (Fsp3) is 0.529. The molecule has 0 aliphatic carbocycles. The monoisotopic (exact) mass is 289 g/mol. The number of hydrogen-bond acceptors (Lipinski definition) is 4. The van der Waals surface area contributed by atoms with Gasteiger partial charge in [0.1, 0.15) is 17.1 Å². The molecule has 2 heterocycles. The number of likely N-dealkylation sites (tertiary alicyclic amines) is 1. The Morgan fingerprint density at radius 1 is 1.33 bits per heavy atom. The number of methoxy groups -OCH3 is 1. The molecular formula is C17H23NO3. The van der Waals surface area contributed by atoms with Crippen molar-refractivity contribution >= 4 is 11.0 Å². The van der Waals surface area contributed by atoms with Crippen molar-refractivity contribution in [2.24, 2.45) is 0 Å². The predicted molar refractivity (Wildman–Crippen MR) is 82.5 cm³/mol. The standard InChI is InChI=1S/C17H23NO3/c1-20-15-5-6-17-13(10-15)11-16(21-17)12-18-8-3-2-4-14(18)7-9-19/h5-6,10-11,14,19H,2-4,7-9,12H2,1H3. The molecule has 1 aromatic carbocycles. The highest BCUT2D eigenvalue weighted by atomic mass is 16.5. The lowest BCUT2D eigenvalue weighted by Gasteiger charge is -2.34. The summed E-state index contributed by atoms with van der Waals surface area (Å²) in [5, 5.41) is 10.3. The lowest BCUT2D eigenvalue weighted by Crippen LogP contribution is -2.39. The minimum atomic E-state index is 0.262. The normalized spacial score (nSPS) is 20.0. The number of fused-ring (bicyclic) bond motifs is 1. The summed E-state index contributed by atoms with van der Waals surface area (Å²) in [7, 11) is 1.68. The Bertz CT molecular complexity index is 591. The Morgan fingerprint density at radius 3 is 3.05 bits per heavy atom. The molecule has 1 unspecified atom stereocenters. The Morgan fingerprint density at radius 2 is 2.24 bits per heavy atom. The molecule has 2 aromatic rings. The highest BCUT2D eigenvalue weighted by Crippen LogP contribution is 2.27. The average molecular weight is 289 g/mol. The number of rotatable bonds is 5. The van der Waals surface area contributed by atoms with Gasteiger partial charge in [0.15, 0.2) is 0 Å². The summed E-state index contributed by atoms with van der Waals surface area (Å²) >= 11 is 0. The van der Waals surface area contributed by atoms with Crippen LogP contribution in [0.25, 0.3) is 11.0 Å². The van der Waals surface area contributed by atoms with Gasteiger partial charge in [-0.1, -0.05) is 6.42 Å². The minimum absolute atomic E-state index is 0.262. The van der Waals surface area contributed by atoms with Gasteiger partial charge in [0.25, 0.3) is 0 Å². The van der Waals surface area contributed by atoms with Gasteiger partial charge >= 0.3 is 0 Å². The van der Waals surface area contributed by atoms with Gasteiger partial charge in [0.05, 0.1) is 13.7 Å². The first-order chi connectivity index (χ1) is 10.3. The van der Waals surface area contributed by atoms with Gasteiger partial charge in [-0.15, -0.1) is 0 Å². The van der Waals surface area contributed by atoms with Crippen molar-refractivity contribution in [2.75, 3.05) is 20.3 Å². The van der Waals surface area contributed by atoms with Gasteiger partial charge in [0, 0.05) is 18.0 Å². The SMILES string of the molecule is COc1ccc2oc(CN3CCCCC3CCO)cc2c1. The van der Waals surface area contributed by atoms with Crippen molar-refractivity contribution in [1.82, 2.24) is 4.90 Å². The quantitative estimate of drug-likeness (QED) is 0.918. The van der Waals surface area contributed by atoms with Crippen molar-refractivity contribution in [3.05, 3.63) is 30.0 Å². The van der Waals surface area contributed by atoms with Crippen molar-refractivity contribution < 1.29 is 14.3 Å². The molecular weight excluding hydrogens is 266 g/mol. The number of furan rings is 1. The van der Waals surface area contributed by atoms with Gasteiger partial charge in [0.2, 0.25) is 0 Å². The summed E-state index contributed by atoms with van der Waals surface area (Å²) in [5.74, 6) is 1.84. The lowest BCUT2D eigenvalue weighted by molar-refractivity contribution is 0.105. The number of piperidine rings is 1. The van der Waals surface area contributed by atoms with Crippen molar-refractivity contribution in [3.63, 3.8) is 0 Å². The maximum atomic E-state index is 9.21. The summed E-state index contributed by atoms with van der Waals surface area (Å²) in [6.07, 6.45) is 4.52. The average Bonchev–Trinajstić information content (AvgIpc) is 2.90. The third-order valence-electron chi connectivity index (χ3n) is 4.34. The smallest absolute Gasteiger partial charge is 0.134 e. The maximum absolute atomic E-state index is 9.21. The molecule has 1 N–H and O–H groups in total. The van der Waals surface area contributed by atoms with Crippen LogP contribution < -0.4 is 4.74 Å². The highest BCUT2D eigenvalue weighted by molar-refractivity contribution is 5.79. The highest BCUT2D eigenvalue weighted by Gasteiger charge is 2.23. The topological polar surface area (TPSA) is 45.8 Å². The largest absolute Gasteiger partial charge is 0.497 e. The van der Waals surface area contributed by atoms with E-state index in [4.69, 9.17) is 9.15 Å². The van der Waals surface area contributed by atoms with Crippen LogP contribution in [0.5, 0.6) is 5.75 Å². The number of nitrogens with zero attached hydrogens (tertiary/aromatic N) is 1. The first kappa shape index (κ1) is 14.4. The van der Waals surface area contributed by atoms with E-state index in [1.54, 1.807) is 7.11 Å². The molecule has 1 aliphatic heterocycles. The van der Waals surface area contributed by atoms with Gasteiger partial charge in [-0.05, 0) is 50.1 Å². The number of aliphatic hydroxyl groups is 1. The van der Waals surface area contributed by atoms with E-state index in [1.165, 1.54) is 19.3 Å². The summed E-state index contributed by atoms with van der Waals surface area (Å²) < 4.78 is 11.2. The summed E-state index contributed by atoms with van der Waals surface area (Å²) in [6.45, 7) is 2.17. The first-order valence-corrected chi connectivity index (χ1v) is 7.71. The summed E-state index contributed by atoms with van der Waals surface area (Å²) in [6, 6.07) is 8.46. The van der Waals surface area contributed by atoms with Crippen LogP contribution in [-0.4, -0.2) is 36.3 Å². The van der Waals surface area contributed by atoms with E-state index in [2.05, 4.69) is 11.0 Å². The predicted octanol–water partition coefficient (Wildman–Crippen LogP) is 3.18. The van der Waals surface area contributed by atoms with E-state index in [-0.39, 0.29) is 6.61 Å². The Hall–Kier alpha value is -1.52. The third kappa shape index (κ3) is 3.22. The van der Waals surface area contributed by atoms with Gasteiger partial charge in [-0.25, -0.2) is 0 Å². The number of aliphatic hydroxyl groups excluding tert-OH is 1. The molecule has 1 atom stereocenters. The Kier molecular flexibility index (Phi) is 4.46. The zero-order valence-electron chi connectivity index (χ0n) is 12.5. The van der Waals surface area contributed by atoms with E-state index < -0.39 is 0 Å². The second-order valence-corrected chi connectivity index (χ2v) is 5.75. The minimum Gasteiger partial charge on any atom is -0.497 e. The fourth-order valence-corrected chi connectivity index (χ4v) is 3.23. The van der Waals surface area contributed by atoms with Crippen LogP contribution in [0.2, 0.25) is 0 Å². The Labute approximate surface area is 125 Å². The number of hydrogen-bond donors (Lipinski definition) is 1. The molecule has 0 bridgehead atoms. The third-order valence-corrected chi connectivity index (χ3v) is 4.34. The zero-order valence-corrected chi connectivity index (χ0v) is 12.5. The molecule has 114 valence electrons. The number of ether oxygens (including phenoxy) is 1. The van der Waals surface area contributed by atoms with Crippen molar-refractivity contribution in [2.45, 2.75) is 38.3 Å². The van der Waals surface area contributed by atoms with Crippen LogP contribution in [0, 0.1) is 0 Å². The molecule has 0 saturated carbocycles. The van der Waals surface area contributed by atoms with E-state index in [0.29, 0.717) is 6.04 Å². The van der Waals surface area contributed by atoms with Crippen LogP contribution in [0.3, 0.4) is 0 Å². The maximum Gasteiger partial charge on any atom is 0.134 e. The molecule has 1 aromatic heterocycles. The molecule has 4 nitrogen and oxygen atoms in total. The molecule has 1 fully saturated rings. The van der Waals surface area contributed by atoms with Crippen molar-refractivity contribution in [1.29, 1.82) is 0 Å². The molecule has 0 radical (unpaired) electrons. The second-order valence-electron chi connectivity index (χ2n) is 5.75. The van der Waals surface area contributed by atoms with E-state index in [1.807, 2.05) is 18.2 Å². The van der Waals surface area contributed by atoms with Gasteiger partial charge in [-0.2, -0.15) is 0 Å². The van der Waals surface area contributed by atoms with Crippen LogP contribution in [-0.2, 0) is 6.54 Å². The van der Waals surface area contributed by atoms with Gasteiger partial charge < -0.3 is 14.3 Å². The van der Waals surface area contributed by atoms with Crippen LogP contribution >= 0.6 is 0 Å². The zero-order chi connectivity index (χ0) is 14.7. The van der Waals surface area contributed by atoms with Crippen molar-refractivity contribution in [3.8, 4) is 5.75 Å². The van der Waals surface area contributed by atoms with E-state index in [9.17, 15) is 5.11 Å². The lowest BCUT2D eigenvalue weighted by atomic mass is 9.99. The molecule has 3 rings (SSSR count). The number of benzene rings is 1. The van der Waals surface area contributed by atoms with Crippen LogP contribution in [0.15, 0.2) is 28.7 Å².